The molecule has 2 aromatic carbocycles. The van der Waals surface area contributed by atoms with E-state index in [2.05, 4.69) is 34.1 Å². The molecule has 0 radical (unpaired) electrons. The molecule has 1 saturated heterocycles. The first-order valence-corrected chi connectivity index (χ1v) is 9.61. The lowest BCUT2D eigenvalue weighted by molar-refractivity contribution is -0.143. The number of carboxylic acids is 1. The summed E-state index contributed by atoms with van der Waals surface area (Å²) in [7, 11) is 1.68. The van der Waals surface area contributed by atoms with Crippen LogP contribution in [0, 0.1) is 5.92 Å². The van der Waals surface area contributed by atoms with Gasteiger partial charge in [0.15, 0.2) is 0 Å². The molecule has 2 unspecified atom stereocenters. The molecule has 0 spiro atoms. The van der Waals surface area contributed by atoms with E-state index in [-0.39, 0.29) is 12.0 Å². The molecule has 0 bridgehead atoms. The van der Waals surface area contributed by atoms with E-state index in [0.717, 1.165) is 47.0 Å². The van der Waals surface area contributed by atoms with Crippen molar-refractivity contribution in [3.05, 3.63) is 72.1 Å². The minimum absolute atomic E-state index is 0.0594. The lowest BCUT2D eigenvalue weighted by Gasteiger charge is -2.38. The number of methoxy groups -OCH3 is 1. The van der Waals surface area contributed by atoms with Crippen molar-refractivity contribution < 1.29 is 14.6 Å². The van der Waals surface area contributed by atoms with Gasteiger partial charge in [-0.25, -0.2) is 0 Å². The molecule has 4 rings (SSSR count). The van der Waals surface area contributed by atoms with Crippen molar-refractivity contribution in [1.29, 1.82) is 0 Å². The fourth-order valence-corrected chi connectivity index (χ4v) is 4.19. The highest BCUT2D eigenvalue weighted by Crippen LogP contribution is 2.38. The van der Waals surface area contributed by atoms with Gasteiger partial charge >= 0.3 is 5.97 Å². The number of hydrogen-bond acceptors (Lipinski definition) is 4. The van der Waals surface area contributed by atoms with Crippen LogP contribution < -0.4 is 4.74 Å². The van der Waals surface area contributed by atoms with Gasteiger partial charge < -0.3 is 9.84 Å². The van der Waals surface area contributed by atoms with Crippen LogP contribution >= 0.6 is 0 Å². The number of para-hydroxylation sites is 1. The Kier molecular flexibility index (Phi) is 5.26. The number of fused-ring (bicyclic) bond motifs is 1. The summed E-state index contributed by atoms with van der Waals surface area (Å²) in [5.41, 5.74) is 2.19. The quantitative estimate of drug-likeness (QED) is 0.725. The van der Waals surface area contributed by atoms with Gasteiger partial charge in [0.2, 0.25) is 0 Å². The number of hydrogen-bond donors (Lipinski definition) is 1. The van der Waals surface area contributed by atoms with Gasteiger partial charge in [-0.2, -0.15) is 0 Å². The minimum Gasteiger partial charge on any atom is -0.496 e. The summed E-state index contributed by atoms with van der Waals surface area (Å²) in [4.78, 5) is 18.1. The summed E-state index contributed by atoms with van der Waals surface area (Å²) >= 11 is 0. The Morgan fingerprint density at radius 1 is 1.21 bits per heavy atom. The molecule has 1 fully saturated rings. The molecule has 0 aliphatic carbocycles. The zero-order chi connectivity index (χ0) is 19.5. The molecule has 2 atom stereocenters. The Morgan fingerprint density at radius 3 is 2.89 bits per heavy atom. The van der Waals surface area contributed by atoms with Gasteiger partial charge in [-0.15, -0.1) is 0 Å². The Balaban J connectivity index is 1.81. The first-order chi connectivity index (χ1) is 13.7. The maximum atomic E-state index is 11.6. The van der Waals surface area contributed by atoms with E-state index in [1.54, 1.807) is 13.3 Å². The van der Waals surface area contributed by atoms with E-state index in [9.17, 15) is 9.90 Å². The number of aliphatic carboxylic acids is 1. The molecule has 1 aliphatic heterocycles. The number of piperidine rings is 1. The number of carbonyl (C=O) groups is 1. The number of carboxylic acid groups (broad SMARTS) is 1. The maximum absolute atomic E-state index is 11.6. The minimum atomic E-state index is -0.715. The fraction of sp³-hybridized carbons (Fsp3) is 0.304. The van der Waals surface area contributed by atoms with Crippen LogP contribution in [-0.4, -0.2) is 41.2 Å². The Hall–Kier alpha value is -2.92. The first kappa shape index (κ1) is 18.4. The second-order valence-corrected chi connectivity index (χ2v) is 7.30. The van der Waals surface area contributed by atoms with Crippen molar-refractivity contribution in [2.45, 2.75) is 18.9 Å². The molecule has 0 amide bonds. The molecular weight excluding hydrogens is 352 g/mol. The number of ether oxygens (including phenoxy) is 1. The molecular formula is C23H24N2O3. The van der Waals surface area contributed by atoms with Crippen LogP contribution in [0.3, 0.4) is 0 Å². The average Bonchev–Trinajstić information content (AvgIpc) is 2.74. The van der Waals surface area contributed by atoms with Crippen molar-refractivity contribution in [3.63, 3.8) is 0 Å². The Bertz CT molecular complexity index is 988. The molecule has 28 heavy (non-hydrogen) atoms. The lowest BCUT2D eigenvalue weighted by Crippen LogP contribution is -2.41. The third-order valence-electron chi connectivity index (χ3n) is 5.58. The monoisotopic (exact) mass is 376 g/mol. The van der Waals surface area contributed by atoms with Crippen LogP contribution in [-0.2, 0) is 4.79 Å². The highest BCUT2D eigenvalue weighted by atomic mass is 16.5. The second-order valence-electron chi connectivity index (χ2n) is 7.30. The van der Waals surface area contributed by atoms with Crippen molar-refractivity contribution in [2.24, 2.45) is 5.92 Å². The fourth-order valence-electron chi connectivity index (χ4n) is 4.19. The van der Waals surface area contributed by atoms with E-state index in [0.29, 0.717) is 6.54 Å². The normalized spacial score (nSPS) is 18.7. The van der Waals surface area contributed by atoms with Crippen LogP contribution in [0.25, 0.3) is 10.8 Å². The van der Waals surface area contributed by atoms with Crippen molar-refractivity contribution >= 4 is 16.7 Å². The van der Waals surface area contributed by atoms with Gasteiger partial charge in [0.05, 0.1) is 19.1 Å². The third-order valence-corrected chi connectivity index (χ3v) is 5.58. The Morgan fingerprint density at radius 2 is 2.07 bits per heavy atom. The molecule has 1 N–H and O–H groups in total. The second kappa shape index (κ2) is 7.98. The van der Waals surface area contributed by atoms with E-state index in [1.807, 2.05) is 30.5 Å². The number of likely N-dealkylation sites (tertiary alicyclic amines) is 1. The van der Waals surface area contributed by atoms with Gasteiger partial charge in [0.1, 0.15) is 5.75 Å². The SMILES string of the molecule is COc1ccccc1C(c1ccc2cnccc2c1)N1CCCC(C(=O)O)C1. The summed E-state index contributed by atoms with van der Waals surface area (Å²) in [6.07, 6.45) is 5.26. The topological polar surface area (TPSA) is 62.7 Å². The smallest absolute Gasteiger partial charge is 0.307 e. The Labute approximate surface area is 164 Å². The van der Waals surface area contributed by atoms with Crippen LogP contribution in [0.5, 0.6) is 5.75 Å². The molecule has 3 aromatic rings. The van der Waals surface area contributed by atoms with Crippen LogP contribution in [0.1, 0.15) is 30.0 Å². The predicted molar refractivity (Wildman–Crippen MR) is 109 cm³/mol. The van der Waals surface area contributed by atoms with E-state index >= 15 is 0 Å². The zero-order valence-electron chi connectivity index (χ0n) is 15.9. The average molecular weight is 376 g/mol. The standard InChI is InChI=1S/C23H24N2O3/c1-28-21-7-3-2-6-20(21)22(25-12-4-5-19(15-25)23(26)27)17-8-9-18-14-24-11-10-16(18)13-17/h2-3,6-11,13-14,19,22H,4-5,12,15H2,1H3,(H,26,27). The molecule has 5 nitrogen and oxygen atoms in total. The summed E-state index contributed by atoms with van der Waals surface area (Å²) in [6.45, 7) is 1.40. The number of pyridine rings is 1. The van der Waals surface area contributed by atoms with Gasteiger partial charge in [0.25, 0.3) is 0 Å². The summed E-state index contributed by atoms with van der Waals surface area (Å²) in [5.74, 6) is -0.233. The van der Waals surface area contributed by atoms with Crippen LogP contribution in [0.15, 0.2) is 60.9 Å². The highest BCUT2D eigenvalue weighted by molar-refractivity contribution is 5.82. The van der Waals surface area contributed by atoms with Crippen molar-refractivity contribution in [3.8, 4) is 5.75 Å². The van der Waals surface area contributed by atoms with E-state index in [4.69, 9.17) is 4.74 Å². The van der Waals surface area contributed by atoms with Crippen LogP contribution in [0.2, 0.25) is 0 Å². The highest BCUT2D eigenvalue weighted by Gasteiger charge is 2.32. The van der Waals surface area contributed by atoms with E-state index in [1.165, 1.54) is 0 Å². The lowest BCUT2D eigenvalue weighted by atomic mass is 9.90. The molecule has 2 heterocycles. The summed E-state index contributed by atoms with van der Waals surface area (Å²) in [6, 6.07) is 16.3. The van der Waals surface area contributed by atoms with Gasteiger partial charge in [-0.05, 0) is 48.5 Å². The number of benzene rings is 2. The van der Waals surface area contributed by atoms with Gasteiger partial charge in [-0.3, -0.25) is 14.7 Å². The number of rotatable bonds is 5. The van der Waals surface area contributed by atoms with Gasteiger partial charge in [0, 0.05) is 29.9 Å². The molecule has 144 valence electrons. The van der Waals surface area contributed by atoms with Crippen LogP contribution in [0.4, 0.5) is 0 Å². The summed E-state index contributed by atoms with van der Waals surface area (Å²) in [5, 5.41) is 11.8. The maximum Gasteiger partial charge on any atom is 0.307 e. The number of nitrogens with zero attached hydrogens (tertiary/aromatic N) is 2. The molecule has 1 aliphatic rings. The van der Waals surface area contributed by atoms with Crippen molar-refractivity contribution in [2.75, 3.05) is 20.2 Å². The molecule has 5 heteroatoms. The van der Waals surface area contributed by atoms with Gasteiger partial charge in [-0.1, -0.05) is 30.3 Å². The first-order valence-electron chi connectivity index (χ1n) is 9.61. The largest absolute Gasteiger partial charge is 0.496 e. The molecule has 0 saturated carbocycles. The number of aromatic nitrogens is 1. The van der Waals surface area contributed by atoms with Crippen molar-refractivity contribution in [1.82, 2.24) is 9.88 Å². The summed E-state index contributed by atoms with van der Waals surface area (Å²) < 4.78 is 5.65. The zero-order valence-corrected chi connectivity index (χ0v) is 15.9. The molecule has 1 aromatic heterocycles. The predicted octanol–water partition coefficient (Wildman–Crippen LogP) is 4.13. The third kappa shape index (κ3) is 3.58. The van der Waals surface area contributed by atoms with E-state index < -0.39 is 5.97 Å².